The molecule has 2 rings (SSSR count). The zero-order valence-corrected chi connectivity index (χ0v) is 16.8. The summed E-state index contributed by atoms with van der Waals surface area (Å²) in [6.45, 7) is 1.78. The molecule has 0 heterocycles. The Labute approximate surface area is 177 Å². The van der Waals surface area contributed by atoms with Crippen LogP contribution in [0.4, 0.5) is 5.69 Å². The lowest BCUT2D eigenvalue weighted by Crippen LogP contribution is -2.13. The van der Waals surface area contributed by atoms with Crippen molar-refractivity contribution in [3.8, 4) is 17.6 Å². The quantitative estimate of drug-likeness (QED) is 0.470. The van der Waals surface area contributed by atoms with Gasteiger partial charge in [0, 0.05) is 5.69 Å². The summed E-state index contributed by atoms with van der Waals surface area (Å²) in [5, 5.41) is 20.7. The lowest BCUT2D eigenvalue weighted by molar-refractivity contribution is -0.139. The second-order valence-electron chi connectivity index (χ2n) is 5.58. The van der Waals surface area contributed by atoms with Gasteiger partial charge in [0.05, 0.1) is 16.7 Å². The maximum Gasteiger partial charge on any atom is 0.341 e. The molecule has 0 aromatic heterocycles. The molecular weight excluding hydrogens is 419 g/mol. The predicted molar refractivity (Wildman–Crippen MR) is 109 cm³/mol. The fourth-order valence-corrected chi connectivity index (χ4v) is 2.86. The van der Waals surface area contributed by atoms with E-state index in [1.807, 2.05) is 13.0 Å². The van der Waals surface area contributed by atoms with E-state index < -0.39 is 18.5 Å². The summed E-state index contributed by atoms with van der Waals surface area (Å²) in [4.78, 5) is 23.0. The number of hydrogen-bond donors (Lipinski definition) is 2. The Bertz CT molecular complexity index is 958. The molecule has 9 heteroatoms. The van der Waals surface area contributed by atoms with Crippen LogP contribution >= 0.6 is 23.2 Å². The van der Waals surface area contributed by atoms with E-state index in [0.717, 1.165) is 0 Å². The Morgan fingerprint density at radius 3 is 2.31 bits per heavy atom. The molecule has 0 aliphatic carbocycles. The molecule has 0 bridgehead atoms. The van der Waals surface area contributed by atoms with E-state index in [9.17, 15) is 14.9 Å². The predicted octanol–water partition coefficient (Wildman–Crippen LogP) is 4.40. The molecule has 0 unspecified atom stereocenters. The van der Waals surface area contributed by atoms with Gasteiger partial charge in [0.25, 0.3) is 5.91 Å². The molecule has 7 nitrogen and oxygen atoms in total. The maximum absolute atomic E-state index is 12.4. The molecule has 0 saturated heterocycles. The van der Waals surface area contributed by atoms with Crippen molar-refractivity contribution in [3.05, 3.63) is 57.6 Å². The normalized spacial score (nSPS) is 10.8. The number of carboxylic acid groups (broad SMARTS) is 1. The van der Waals surface area contributed by atoms with Crippen molar-refractivity contribution in [1.29, 1.82) is 5.26 Å². The van der Waals surface area contributed by atoms with Crippen LogP contribution in [0, 0.1) is 11.3 Å². The molecule has 0 atom stereocenters. The van der Waals surface area contributed by atoms with Crippen LogP contribution in [0.5, 0.6) is 11.5 Å². The number of carbonyl (C=O) groups is 2. The van der Waals surface area contributed by atoms with Crippen molar-refractivity contribution >= 4 is 46.8 Å². The first-order chi connectivity index (χ1) is 13.8. The van der Waals surface area contributed by atoms with Gasteiger partial charge in [-0.2, -0.15) is 5.26 Å². The van der Waals surface area contributed by atoms with E-state index in [1.165, 1.54) is 18.2 Å². The van der Waals surface area contributed by atoms with Gasteiger partial charge >= 0.3 is 5.97 Å². The molecule has 0 radical (unpaired) electrons. The number of nitrogens with one attached hydrogen (secondary N) is 1. The van der Waals surface area contributed by atoms with Crippen LogP contribution in [0.1, 0.15) is 12.5 Å². The van der Waals surface area contributed by atoms with Gasteiger partial charge in [-0.05, 0) is 55.0 Å². The first kappa shape index (κ1) is 22.1. The topological polar surface area (TPSA) is 109 Å². The van der Waals surface area contributed by atoms with E-state index in [1.54, 1.807) is 24.3 Å². The summed E-state index contributed by atoms with van der Waals surface area (Å²) >= 11 is 12.1. The van der Waals surface area contributed by atoms with Crippen LogP contribution in [0.2, 0.25) is 10.0 Å². The minimum Gasteiger partial charge on any atom is -0.494 e. The van der Waals surface area contributed by atoms with Crippen molar-refractivity contribution in [2.24, 2.45) is 0 Å². The zero-order chi connectivity index (χ0) is 21.4. The fraction of sp³-hybridized carbons (Fsp3) is 0.150. The molecule has 2 aromatic rings. The second kappa shape index (κ2) is 10.4. The lowest BCUT2D eigenvalue weighted by atomic mass is 10.1. The maximum atomic E-state index is 12.4. The van der Waals surface area contributed by atoms with E-state index in [0.29, 0.717) is 23.6 Å². The third kappa shape index (κ3) is 6.42. The Morgan fingerprint density at radius 1 is 1.17 bits per heavy atom. The number of nitriles is 1. The van der Waals surface area contributed by atoms with E-state index in [-0.39, 0.29) is 21.4 Å². The molecule has 0 saturated carbocycles. The minimum absolute atomic E-state index is 0.00484. The van der Waals surface area contributed by atoms with Crippen molar-refractivity contribution in [1.82, 2.24) is 0 Å². The number of hydrogen-bond acceptors (Lipinski definition) is 5. The standard InChI is InChI=1S/C20H16Cl2N2O5/c1-2-28-15-5-3-14(4-6-15)24-20(27)13(10-23)7-12-8-16(21)19(17(22)9-12)29-11-18(25)26/h3-9H,2,11H2,1H3,(H,24,27)(H,25,26)/b13-7-. The highest BCUT2D eigenvalue weighted by molar-refractivity contribution is 6.37. The lowest BCUT2D eigenvalue weighted by Gasteiger charge is -2.09. The van der Waals surface area contributed by atoms with Crippen molar-refractivity contribution in [2.45, 2.75) is 6.92 Å². The molecule has 1 amide bonds. The van der Waals surface area contributed by atoms with Crippen LogP contribution in [0.15, 0.2) is 42.0 Å². The Balaban J connectivity index is 2.18. The largest absolute Gasteiger partial charge is 0.494 e. The number of aliphatic carboxylic acids is 1. The number of amides is 1. The number of anilines is 1. The summed E-state index contributed by atoms with van der Waals surface area (Å²) < 4.78 is 10.4. The third-order valence-corrected chi connectivity index (χ3v) is 4.02. The van der Waals surface area contributed by atoms with Gasteiger partial charge in [-0.15, -0.1) is 0 Å². The van der Waals surface area contributed by atoms with Crippen LogP contribution in [0.3, 0.4) is 0 Å². The molecule has 0 aliphatic rings. The van der Waals surface area contributed by atoms with Crippen LogP contribution in [-0.4, -0.2) is 30.2 Å². The minimum atomic E-state index is -1.18. The third-order valence-electron chi connectivity index (χ3n) is 3.46. The summed E-state index contributed by atoms with van der Waals surface area (Å²) in [7, 11) is 0. The molecule has 0 aliphatic heterocycles. The van der Waals surface area contributed by atoms with E-state index in [2.05, 4.69) is 5.32 Å². The average Bonchev–Trinajstić information content (AvgIpc) is 2.67. The van der Waals surface area contributed by atoms with E-state index >= 15 is 0 Å². The van der Waals surface area contributed by atoms with Gasteiger partial charge < -0.3 is 19.9 Å². The molecule has 150 valence electrons. The van der Waals surface area contributed by atoms with Gasteiger partial charge in [0.15, 0.2) is 12.4 Å². The highest BCUT2D eigenvalue weighted by atomic mass is 35.5. The van der Waals surface area contributed by atoms with Crippen LogP contribution in [-0.2, 0) is 9.59 Å². The zero-order valence-electron chi connectivity index (χ0n) is 15.2. The number of carboxylic acids is 1. The summed E-state index contributed by atoms with van der Waals surface area (Å²) in [6, 6.07) is 11.3. The van der Waals surface area contributed by atoms with Crippen molar-refractivity contribution in [2.75, 3.05) is 18.5 Å². The van der Waals surface area contributed by atoms with Crippen LogP contribution in [0.25, 0.3) is 6.08 Å². The first-order valence-electron chi connectivity index (χ1n) is 8.33. The van der Waals surface area contributed by atoms with Gasteiger partial charge in [-0.1, -0.05) is 23.2 Å². The van der Waals surface area contributed by atoms with Crippen molar-refractivity contribution < 1.29 is 24.2 Å². The highest BCUT2D eigenvalue weighted by Gasteiger charge is 2.14. The Kier molecular flexibility index (Phi) is 7.89. The number of carbonyl (C=O) groups excluding carboxylic acids is 1. The van der Waals surface area contributed by atoms with Gasteiger partial charge in [0.2, 0.25) is 0 Å². The van der Waals surface area contributed by atoms with Gasteiger partial charge in [-0.25, -0.2) is 4.79 Å². The monoisotopic (exact) mass is 434 g/mol. The first-order valence-corrected chi connectivity index (χ1v) is 9.09. The second-order valence-corrected chi connectivity index (χ2v) is 6.39. The summed E-state index contributed by atoms with van der Waals surface area (Å²) in [5.41, 5.74) is 0.694. The number of rotatable bonds is 8. The fourth-order valence-electron chi connectivity index (χ4n) is 2.25. The van der Waals surface area contributed by atoms with Crippen LogP contribution < -0.4 is 14.8 Å². The van der Waals surface area contributed by atoms with Crippen molar-refractivity contribution in [3.63, 3.8) is 0 Å². The van der Waals surface area contributed by atoms with Gasteiger partial charge in [0.1, 0.15) is 17.4 Å². The smallest absolute Gasteiger partial charge is 0.341 e. The SMILES string of the molecule is CCOc1ccc(NC(=O)/C(C#N)=C\c2cc(Cl)c(OCC(=O)O)c(Cl)c2)cc1. The molecule has 29 heavy (non-hydrogen) atoms. The number of nitrogens with zero attached hydrogens (tertiary/aromatic N) is 1. The molecular formula is C20H16Cl2N2O5. The van der Waals surface area contributed by atoms with E-state index in [4.69, 9.17) is 37.8 Å². The molecule has 2 aromatic carbocycles. The number of ether oxygens (including phenoxy) is 2. The van der Waals surface area contributed by atoms with Gasteiger partial charge in [-0.3, -0.25) is 4.79 Å². The Morgan fingerprint density at radius 2 is 1.79 bits per heavy atom. The summed E-state index contributed by atoms with van der Waals surface area (Å²) in [6.07, 6.45) is 1.31. The number of halogens is 2. The number of benzene rings is 2. The highest BCUT2D eigenvalue weighted by Crippen LogP contribution is 2.35. The molecule has 0 spiro atoms. The molecule has 2 N–H and O–H groups in total. The summed E-state index contributed by atoms with van der Waals surface area (Å²) in [5.74, 6) is -1.13. The Hall–Kier alpha value is -3.21. The average molecular weight is 435 g/mol. The molecule has 0 fully saturated rings.